The van der Waals surface area contributed by atoms with Crippen LogP contribution in [0.5, 0.6) is 11.5 Å². The van der Waals surface area contributed by atoms with Crippen LogP contribution in [0.1, 0.15) is 6.42 Å². The predicted octanol–water partition coefficient (Wildman–Crippen LogP) is 1.79. The smallest absolute Gasteiger partial charge is 0.239 e. The van der Waals surface area contributed by atoms with Crippen molar-refractivity contribution >= 4 is 30.1 Å². The van der Waals surface area contributed by atoms with Gasteiger partial charge in [0.05, 0.1) is 12.6 Å². The summed E-state index contributed by atoms with van der Waals surface area (Å²) in [5.74, 6) is 2.31. The van der Waals surface area contributed by atoms with Crippen LogP contribution in [-0.2, 0) is 4.79 Å². The fourth-order valence-corrected chi connectivity index (χ4v) is 2.69. The van der Waals surface area contributed by atoms with Gasteiger partial charge in [0.2, 0.25) is 5.91 Å². The van der Waals surface area contributed by atoms with Crippen molar-refractivity contribution in [2.24, 2.45) is 5.73 Å². The van der Waals surface area contributed by atoms with Crippen molar-refractivity contribution < 1.29 is 14.3 Å². The number of thioether (sulfide) groups is 1. The average Bonchev–Trinajstić information content (AvgIpc) is 2.51. The van der Waals surface area contributed by atoms with Gasteiger partial charge >= 0.3 is 0 Å². The number of carbonyl (C=O) groups excluding carboxylic acids is 1. The van der Waals surface area contributed by atoms with Gasteiger partial charge < -0.3 is 20.1 Å². The molecule has 124 valence electrons. The summed E-state index contributed by atoms with van der Waals surface area (Å²) in [6, 6.07) is 7.10. The maximum absolute atomic E-state index is 12.2. The number of hydrogen-bond donors (Lipinski definition) is 1. The lowest BCUT2D eigenvalue weighted by molar-refractivity contribution is -0.132. The molecule has 0 aliphatic carbocycles. The Bertz CT molecular complexity index is 490. The van der Waals surface area contributed by atoms with Gasteiger partial charge in [-0.2, -0.15) is 11.8 Å². The van der Waals surface area contributed by atoms with Gasteiger partial charge in [0.15, 0.2) is 17.6 Å². The number of ether oxygens (including phenoxy) is 2. The maximum Gasteiger partial charge on any atom is 0.239 e. The SMILES string of the molecule is CSCC[C@H](N)C(=O)N(C)CC1COc2ccccc2O1.Cl. The molecule has 0 saturated carbocycles. The summed E-state index contributed by atoms with van der Waals surface area (Å²) in [5, 5.41) is 0. The lowest BCUT2D eigenvalue weighted by Crippen LogP contribution is -2.47. The zero-order valence-electron chi connectivity index (χ0n) is 12.9. The molecule has 5 nitrogen and oxygen atoms in total. The fraction of sp³-hybridized carbons (Fsp3) is 0.533. The normalized spacial score (nSPS) is 17.3. The standard InChI is InChI=1S/C15H22N2O3S.ClH/c1-17(15(18)12(16)7-8-21-2)9-11-10-19-13-5-3-4-6-14(13)20-11;/h3-6,11-12H,7-10,16H2,1-2H3;1H/t11?,12-;/m0./s1. The molecular weight excluding hydrogens is 324 g/mol. The number of likely N-dealkylation sites (N-methyl/N-ethyl adjacent to an activating group) is 1. The molecule has 0 aromatic heterocycles. The molecule has 22 heavy (non-hydrogen) atoms. The van der Waals surface area contributed by atoms with Gasteiger partial charge in [0.25, 0.3) is 0 Å². The number of para-hydroxylation sites is 2. The van der Waals surface area contributed by atoms with Crippen LogP contribution in [0.15, 0.2) is 24.3 Å². The molecule has 1 unspecified atom stereocenters. The lowest BCUT2D eigenvalue weighted by Gasteiger charge is -2.30. The predicted molar refractivity (Wildman–Crippen MR) is 92.2 cm³/mol. The minimum atomic E-state index is -0.445. The summed E-state index contributed by atoms with van der Waals surface area (Å²) in [6.45, 7) is 0.912. The summed E-state index contributed by atoms with van der Waals surface area (Å²) in [6.07, 6.45) is 2.53. The zero-order chi connectivity index (χ0) is 15.2. The number of nitrogens with zero attached hydrogens (tertiary/aromatic N) is 1. The monoisotopic (exact) mass is 346 g/mol. The van der Waals surface area contributed by atoms with Gasteiger partial charge in [0.1, 0.15) is 6.61 Å². The molecule has 1 aliphatic heterocycles. The van der Waals surface area contributed by atoms with Crippen molar-refractivity contribution in [3.05, 3.63) is 24.3 Å². The molecule has 0 spiro atoms. The van der Waals surface area contributed by atoms with E-state index in [4.69, 9.17) is 15.2 Å². The summed E-state index contributed by atoms with van der Waals surface area (Å²) in [5.41, 5.74) is 5.91. The Labute approximate surface area is 141 Å². The van der Waals surface area contributed by atoms with Gasteiger partial charge in [-0.15, -0.1) is 12.4 Å². The van der Waals surface area contributed by atoms with Crippen molar-refractivity contribution in [2.75, 3.05) is 32.2 Å². The Morgan fingerprint density at radius 3 is 2.82 bits per heavy atom. The number of amides is 1. The van der Waals surface area contributed by atoms with E-state index in [-0.39, 0.29) is 24.4 Å². The van der Waals surface area contributed by atoms with Crippen molar-refractivity contribution in [2.45, 2.75) is 18.6 Å². The van der Waals surface area contributed by atoms with E-state index in [1.54, 1.807) is 23.7 Å². The van der Waals surface area contributed by atoms with E-state index in [1.807, 2.05) is 30.5 Å². The zero-order valence-corrected chi connectivity index (χ0v) is 14.5. The largest absolute Gasteiger partial charge is 0.486 e. The molecule has 2 N–H and O–H groups in total. The molecular formula is C15H23ClN2O3S. The first-order valence-corrected chi connectivity index (χ1v) is 8.39. The van der Waals surface area contributed by atoms with Crippen LogP contribution >= 0.6 is 24.2 Å². The first-order chi connectivity index (χ1) is 10.1. The highest BCUT2D eigenvalue weighted by molar-refractivity contribution is 7.98. The molecule has 1 aliphatic rings. The topological polar surface area (TPSA) is 64.8 Å². The van der Waals surface area contributed by atoms with Gasteiger partial charge in [-0.3, -0.25) is 4.79 Å². The maximum atomic E-state index is 12.2. The summed E-state index contributed by atoms with van der Waals surface area (Å²) < 4.78 is 11.5. The number of rotatable bonds is 6. The van der Waals surface area contributed by atoms with Crippen molar-refractivity contribution in [1.29, 1.82) is 0 Å². The van der Waals surface area contributed by atoms with E-state index in [0.717, 1.165) is 17.3 Å². The number of hydrogen-bond acceptors (Lipinski definition) is 5. The molecule has 1 amide bonds. The molecule has 1 aromatic rings. The third-order valence-corrected chi connectivity index (χ3v) is 4.02. The molecule has 7 heteroatoms. The Morgan fingerprint density at radius 2 is 2.14 bits per heavy atom. The third-order valence-electron chi connectivity index (χ3n) is 3.37. The Kier molecular flexibility index (Phi) is 7.85. The molecule has 0 radical (unpaired) electrons. The first-order valence-electron chi connectivity index (χ1n) is 6.99. The number of benzene rings is 1. The van der Waals surface area contributed by atoms with Crippen LogP contribution in [0.3, 0.4) is 0 Å². The molecule has 1 heterocycles. The number of nitrogens with two attached hydrogens (primary N) is 1. The van der Waals surface area contributed by atoms with E-state index in [2.05, 4.69) is 0 Å². The van der Waals surface area contributed by atoms with E-state index >= 15 is 0 Å². The van der Waals surface area contributed by atoms with E-state index < -0.39 is 6.04 Å². The van der Waals surface area contributed by atoms with Gasteiger partial charge in [-0.05, 0) is 30.6 Å². The minimum Gasteiger partial charge on any atom is -0.486 e. The Balaban J connectivity index is 0.00000242. The van der Waals surface area contributed by atoms with Crippen LogP contribution in [0.25, 0.3) is 0 Å². The van der Waals surface area contributed by atoms with E-state index in [0.29, 0.717) is 19.6 Å². The molecule has 1 aromatic carbocycles. The van der Waals surface area contributed by atoms with Crippen LogP contribution in [-0.4, -0.2) is 55.2 Å². The van der Waals surface area contributed by atoms with E-state index in [9.17, 15) is 4.79 Å². The summed E-state index contributed by atoms with van der Waals surface area (Å²) in [7, 11) is 1.76. The lowest BCUT2D eigenvalue weighted by atomic mass is 10.2. The average molecular weight is 347 g/mol. The number of fused-ring (bicyclic) bond motifs is 1. The Morgan fingerprint density at radius 1 is 1.45 bits per heavy atom. The third kappa shape index (κ3) is 4.97. The van der Waals surface area contributed by atoms with Gasteiger partial charge in [-0.1, -0.05) is 12.1 Å². The second kappa shape index (κ2) is 9.12. The Hall–Kier alpha value is -1.11. The van der Waals surface area contributed by atoms with Crippen molar-refractivity contribution in [1.82, 2.24) is 4.90 Å². The molecule has 0 bridgehead atoms. The fourth-order valence-electron chi connectivity index (χ4n) is 2.20. The highest BCUT2D eigenvalue weighted by atomic mass is 35.5. The molecule has 2 rings (SSSR count). The summed E-state index contributed by atoms with van der Waals surface area (Å²) >= 11 is 1.69. The van der Waals surface area contributed by atoms with Crippen molar-refractivity contribution in [3.8, 4) is 11.5 Å². The van der Waals surface area contributed by atoms with Crippen LogP contribution in [0, 0.1) is 0 Å². The first kappa shape index (κ1) is 18.9. The number of halogens is 1. The van der Waals surface area contributed by atoms with Crippen molar-refractivity contribution in [3.63, 3.8) is 0 Å². The summed E-state index contributed by atoms with van der Waals surface area (Å²) in [4.78, 5) is 13.8. The second-order valence-electron chi connectivity index (χ2n) is 5.10. The molecule has 2 atom stereocenters. The molecule has 0 fully saturated rings. The quantitative estimate of drug-likeness (QED) is 0.850. The van der Waals surface area contributed by atoms with Crippen LogP contribution in [0.4, 0.5) is 0 Å². The minimum absolute atomic E-state index is 0. The van der Waals surface area contributed by atoms with Gasteiger partial charge in [0, 0.05) is 7.05 Å². The van der Waals surface area contributed by atoms with Crippen LogP contribution < -0.4 is 15.2 Å². The highest BCUT2D eigenvalue weighted by Crippen LogP contribution is 2.30. The number of carbonyl (C=O) groups is 1. The van der Waals surface area contributed by atoms with E-state index in [1.165, 1.54) is 0 Å². The van der Waals surface area contributed by atoms with Crippen LogP contribution in [0.2, 0.25) is 0 Å². The second-order valence-corrected chi connectivity index (χ2v) is 6.09. The highest BCUT2D eigenvalue weighted by Gasteiger charge is 2.25. The van der Waals surface area contributed by atoms with Gasteiger partial charge in [-0.25, -0.2) is 0 Å². The molecule has 0 saturated heterocycles.